The molecule has 0 aliphatic carbocycles. The Morgan fingerprint density at radius 1 is 1.29 bits per heavy atom. The zero-order chi connectivity index (χ0) is 16.0. The van der Waals surface area contributed by atoms with E-state index in [1.165, 1.54) is 0 Å². The van der Waals surface area contributed by atoms with Crippen LogP contribution in [-0.2, 0) is 16.0 Å². The molecule has 0 radical (unpaired) electrons. The van der Waals surface area contributed by atoms with Gasteiger partial charge in [0.2, 0.25) is 11.8 Å². The van der Waals surface area contributed by atoms with Crippen molar-refractivity contribution in [3.63, 3.8) is 0 Å². The second kappa shape index (κ2) is 8.33. The number of carbonyl (C=O) groups is 2. The van der Waals surface area contributed by atoms with Crippen molar-refractivity contribution >= 4 is 34.4 Å². The molecule has 2 atom stereocenters. The highest BCUT2D eigenvalue weighted by Crippen LogP contribution is 2.10. The molecular formula is C15H21IN2O3. The van der Waals surface area contributed by atoms with Gasteiger partial charge in [0.1, 0.15) is 12.1 Å². The molecule has 116 valence electrons. The van der Waals surface area contributed by atoms with Crippen LogP contribution in [0.5, 0.6) is 0 Å². The molecule has 1 rings (SSSR count). The first-order valence-electron chi connectivity index (χ1n) is 6.81. The van der Waals surface area contributed by atoms with Gasteiger partial charge in [-0.15, -0.1) is 0 Å². The number of rotatable bonds is 7. The Kier molecular flexibility index (Phi) is 7.10. The van der Waals surface area contributed by atoms with Crippen LogP contribution in [0.25, 0.3) is 0 Å². The highest BCUT2D eigenvalue weighted by Gasteiger charge is 2.23. The summed E-state index contributed by atoms with van der Waals surface area (Å²) in [5.41, 5.74) is 6.23. The SMILES string of the molecule is CC(C)C[C@H](O)C(=O)N[C@@H](Cc1ccc(I)cc1)C(N)=O. The number of hydrogen-bond acceptors (Lipinski definition) is 3. The molecule has 0 aromatic heterocycles. The summed E-state index contributed by atoms with van der Waals surface area (Å²) < 4.78 is 1.09. The summed E-state index contributed by atoms with van der Waals surface area (Å²) >= 11 is 2.19. The summed E-state index contributed by atoms with van der Waals surface area (Å²) in [6, 6.07) is 6.79. The predicted molar refractivity (Wildman–Crippen MR) is 89.4 cm³/mol. The number of hydrogen-bond donors (Lipinski definition) is 3. The monoisotopic (exact) mass is 404 g/mol. The minimum Gasteiger partial charge on any atom is -0.383 e. The summed E-state index contributed by atoms with van der Waals surface area (Å²) in [5.74, 6) is -0.981. The Morgan fingerprint density at radius 2 is 1.86 bits per heavy atom. The van der Waals surface area contributed by atoms with Gasteiger partial charge in [0.25, 0.3) is 0 Å². The summed E-state index contributed by atoms with van der Waals surface area (Å²) in [6.07, 6.45) is -0.462. The van der Waals surface area contributed by atoms with Crippen molar-refractivity contribution in [3.05, 3.63) is 33.4 Å². The molecule has 0 fully saturated rings. The molecule has 1 aromatic carbocycles. The van der Waals surface area contributed by atoms with E-state index in [9.17, 15) is 14.7 Å². The van der Waals surface area contributed by atoms with E-state index in [0.29, 0.717) is 12.8 Å². The molecule has 21 heavy (non-hydrogen) atoms. The summed E-state index contributed by atoms with van der Waals surface area (Å²) in [5, 5.41) is 12.3. The Balaban J connectivity index is 2.67. The lowest BCUT2D eigenvalue weighted by molar-refractivity contribution is -0.133. The highest BCUT2D eigenvalue weighted by atomic mass is 127. The number of benzene rings is 1. The maximum Gasteiger partial charge on any atom is 0.249 e. The Morgan fingerprint density at radius 3 is 2.33 bits per heavy atom. The van der Waals surface area contributed by atoms with E-state index in [1.807, 2.05) is 38.1 Å². The number of amides is 2. The Hall–Kier alpha value is -1.15. The van der Waals surface area contributed by atoms with E-state index in [1.54, 1.807) is 0 Å². The lowest BCUT2D eigenvalue weighted by atomic mass is 10.0. The van der Waals surface area contributed by atoms with E-state index in [2.05, 4.69) is 27.9 Å². The molecule has 0 spiro atoms. The third-order valence-electron chi connectivity index (χ3n) is 3.01. The molecule has 0 heterocycles. The van der Waals surface area contributed by atoms with Crippen LogP contribution in [0, 0.1) is 9.49 Å². The van der Waals surface area contributed by atoms with Crippen LogP contribution >= 0.6 is 22.6 Å². The molecule has 0 unspecified atom stereocenters. The van der Waals surface area contributed by atoms with Crippen LogP contribution in [0.3, 0.4) is 0 Å². The maximum atomic E-state index is 11.9. The lowest BCUT2D eigenvalue weighted by Crippen LogP contribution is -2.49. The zero-order valence-electron chi connectivity index (χ0n) is 12.2. The molecule has 6 heteroatoms. The normalized spacial score (nSPS) is 13.8. The van der Waals surface area contributed by atoms with Crippen LogP contribution in [0.4, 0.5) is 0 Å². The average molecular weight is 404 g/mol. The van der Waals surface area contributed by atoms with Crippen LogP contribution < -0.4 is 11.1 Å². The number of nitrogens with two attached hydrogens (primary N) is 1. The van der Waals surface area contributed by atoms with Crippen molar-refractivity contribution in [1.82, 2.24) is 5.32 Å². The van der Waals surface area contributed by atoms with Gasteiger partial charge in [-0.25, -0.2) is 0 Å². The van der Waals surface area contributed by atoms with Gasteiger partial charge < -0.3 is 16.2 Å². The van der Waals surface area contributed by atoms with Gasteiger partial charge in [-0.05, 0) is 52.6 Å². The van der Waals surface area contributed by atoms with E-state index in [4.69, 9.17) is 5.73 Å². The molecule has 0 aliphatic heterocycles. The van der Waals surface area contributed by atoms with Crippen LogP contribution in [-0.4, -0.2) is 29.1 Å². The molecular weight excluding hydrogens is 383 g/mol. The molecule has 0 saturated carbocycles. The average Bonchev–Trinajstić information content (AvgIpc) is 2.39. The smallest absolute Gasteiger partial charge is 0.249 e. The molecule has 5 nitrogen and oxygen atoms in total. The minimum atomic E-state index is -1.12. The van der Waals surface area contributed by atoms with Gasteiger partial charge in [0, 0.05) is 9.99 Å². The lowest BCUT2D eigenvalue weighted by Gasteiger charge is -2.19. The van der Waals surface area contributed by atoms with Crippen molar-refractivity contribution < 1.29 is 14.7 Å². The number of nitrogens with one attached hydrogen (secondary N) is 1. The topological polar surface area (TPSA) is 92.4 Å². The van der Waals surface area contributed by atoms with Crippen molar-refractivity contribution in [1.29, 1.82) is 0 Å². The van der Waals surface area contributed by atoms with Gasteiger partial charge in [0.05, 0.1) is 0 Å². The van der Waals surface area contributed by atoms with Crippen molar-refractivity contribution in [2.75, 3.05) is 0 Å². The standard InChI is InChI=1S/C15H21IN2O3/c1-9(2)7-13(19)15(21)18-12(14(17)20)8-10-3-5-11(16)6-4-10/h3-6,9,12-13,19H,7-8H2,1-2H3,(H2,17,20)(H,18,21)/t12-,13-/m0/s1. The third kappa shape index (κ3) is 6.43. The summed E-state index contributed by atoms with van der Waals surface area (Å²) in [7, 11) is 0. The molecule has 0 aliphatic rings. The molecule has 0 bridgehead atoms. The fraction of sp³-hybridized carbons (Fsp3) is 0.467. The number of aliphatic hydroxyl groups is 1. The fourth-order valence-corrected chi connectivity index (χ4v) is 2.26. The van der Waals surface area contributed by atoms with E-state index in [-0.39, 0.29) is 5.92 Å². The first kappa shape index (κ1) is 17.9. The largest absolute Gasteiger partial charge is 0.383 e. The zero-order valence-corrected chi connectivity index (χ0v) is 14.3. The number of aliphatic hydroxyl groups excluding tert-OH is 1. The molecule has 4 N–H and O–H groups in total. The van der Waals surface area contributed by atoms with Gasteiger partial charge >= 0.3 is 0 Å². The fourth-order valence-electron chi connectivity index (χ4n) is 1.90. The quantitative estimate of drug-likeness (QED) is 0.597. The first-order valence-corrected chi connectivity index (χ1v) is 7.89. The maximum absolute atomic E-state index is 11.9. The van der Waals surface area contributed by atoms with Crippen LogP contribution in [0.2, 0.25) is 0 Å². The third-order valence-corrected chi connectivity index (χ3v) is 3.73. The summed E-state index contributed by atoms with van der Waals surface area (Å²) in [6.45, 7) is 3.82. The van der Waals surface area contributed by atoms with Crippen LogP contribution in [0.1, 0.15) is 25.8 Å². The summed E-state index contributed by atoms with van der Waals surface area (Å²) in [4.78, 5) is 23.3. The van der Waals surface area contributed by atoms with Gasteiger partial charge in [-0.3, -0.25) is 9.59 Å². The number of halogens is 1. The van der Waals surface area contributed by atoms with E-state index in [0.717, 1.165) is 9.13 Å². The van der Waals surface area contributed by atoms with E-state index < -0.39 is 24.0 Å². The second-order valence-corrected chi connectivity index (χ2v) is 6.69. The minimum absolute atomic E-state index is 0.189. The van der Waals surface area contributed by atoms with E-state index >= 15 is 0 Å². The van der Waals surface area contributed by atoms with Gasteiger partial charge in [-0.2, -0.15) is 0 Å². The van der Waals surface area contributed by atoms with Crippen LogP contribution in [0.15, 0.2) is 24.3 Å². The molecule has 2 amide bonds. The Labute approximate surface area is 138 Å². The highest BCUT2D eigenvalue weighted by molar-refractivity contribution is 14.1. The predicted octanol–water partition coefficient (Wildman–Crippen LogP) is 1.21. The molecule has 1 aromatic rings. The van der Waals surface area contributed by atoms with Gasteiger partial charge in [-0.1, -0.05) is 26.0 Å². The molecule has 0 saturated heterocycles. The van der Waals surface area contributed by atoms with Crippen molar-refractivity contribution in [3.8, 4) is 0 Å². The van der Waals surface area contributed by atoms with Gasteiger partial charge in [0.15, 0.2) is 0 Å². The second-order valence-electron chi connectivity index (χ2n) is 5.44. The van der Waals surface area contributed by atoms with Crippen molar-refractivity contribution in [2.45, 2.75) is 38.8 Å². The number of carbonyl (C=O) groups excluding carboxylic acids is 2. The van der Waals surface area contributed by atoms with Crippen molar-refractivity contribution in [2.24, 2.45) is 11.7 Å². The first-order chi connectivity index (χ1) is 9.79. The number of primary amides is 1. The Bertz CT molecular complexity index is 488.